The van der Waals surface area contributed by atoms with Crippen LogP contribution in [0, 0.1) is 0 Å². The average Bonchev–Trinajstić information content (AvgIpc) is 2.34. The van der Waals surface area contributed by atoms with Crippen molar-refractivity contribution in [2.45, 2.75) is 31.4 Å². The molecule has 0 heterocycles. The van der Waals surface area contributed by atoms with Crippen LogP contribution in [0.5, 0.6) is 0 Å². The number of benzene rings is 1. The van der Waals surface area contributed by atoms with E-state index in [1.54, 1.807) is 0 Å². The van der Waals surface area contributed by atoms with Gasteiger partial charge in [-0.1, -0.05) is 24.3 Å². The number of nitrogens with one attached hydrogen (secondary N) is 1. The van der Waals surface area contributed by atoms with Gasteiger partial charge in [0.1, 0.15) is 0 Å². The lowest BCUT2D eigenvalue weighted by molar-refractivity contribution is -0.173. The maximum atomic E-state index is 12.1. The Morgan fingerprint density at radius 1 is 1.33 bits per heavy atom. The second-order valence-corrected chi connectivity index (χ2v) is 4.50. The number of fused-ring (bicyclic) bond motifs is 1. The van der Waals surface area contributed by atoms with Gasteiger partial charge in [-0.05, 0) is 30.4 Å². The summed E-state index contributed by atoms with van der Waals surface area (Å²) in [6.07, 6.45) is -2.08. The maximum Gasteiger partial charge on any atom is 0.471 e. The first-order valence-electron chi connectivity index (χ1n) is 5.91. The number of hydrogen-bond donors (Lipinski definition) is 1. The zero-order valence-corrected chi connectivity index (χ0v) is 9.76. The van der Waals surface area contributed by atoms with E-state index in [-0.39, 0.29) is 12.5 Å². The van der Waals surface area contributed by atoms with E-state index in [0.717, 1.165) is 24.8 Å². The Labute approximate surface area is 103 Å². The van der Waals surface area contributed by atoms with Crippen molar-refractivity contribution >= 4 is 5.91 Å². The minimum absolute atomic E-state index is 0.0127. The molecule has 5 heteroatoms. The number of amides is 1. The van der Waals surface area contributed by atoms with Gasteiger partial charge in [0.25, 0.3) is 0 Å². The van der Waals surface area contributed by atoms with Gasteiger partial charge in [-0.15, -0.1) is 0 Å². The Hall–Kier alpha value is -1.52. The summed E-state index contributed by atoms with van der Waals surface area (Å²) in [6.45, 7) is 0.0509. The van der Waals surface area contributed by atoms with E-state index in [4.69, 9.17) is 0 Å². The van der Waals surface area contributed by atoms with Crippen LogP contribution < -0.4 is 5.32 Å². The smallest absolute Gasteiger partial charge is 0.348 e. The molecule has 1 aromatic rings. The molecule has 0 aromatic heterocycles. The number of carbonyl (C=O) groups is 1. The predicted molar refractivity (Wildman–Crippen MR) is 61.2 cm³/mol. The number of aryl methyl sites for hydroxylation is 1. The van der Waals surface area contributed by atoms with Crippen LogP contribution in [0.2, 0.25) is 0 Å². The molecule has 1 N–H and O–H groups in total. The van der Waals surface area contributed by atoms with Crippen LogP contribution in [-0.4, -0.2) is 18.6 Å². The lowest BCUT2D eigenvalue weighted by Gasteiger charge is -2.25. The molecule has 18 heavy (non-hydrogen) atoms. The van der Waals surface area contributed by atoms with Crippen molar-refractivity contribution in [3.05, 3.63) is 35.4 Å². The number of halogens is 3. The van der Waals surface area contributed by atoms with Crippen molar-refractivity contribution in [2.24, 2.45) is 0 Å². The molecule has 0 fully saturated rings. The van der Waals surface area contributed by atoms with Gasteiger partial charge in [-0.2, -0.15) is 13.2 Å². The predicted octanol–water partition coefficient (Wildman–Crippen LogP) is 2.79. The van der Waals surface area contributed by atoms with E-state index < -0.39 is 12.1 Å². The van der Waals surface area contributed by atoms with Gasteiger partial charge in [0.05, 0.1) is 0 Å². The highest BCUT2D eigenvalue weighted by Crippen LogP contribution is 2.31. The number of hydrogen-bond acceptors (Lipinski definition) is 1. The molecule has 1 aromatic carbocycles. The molecule has 0 radical (unpaired) electrons. The second-order valence-electron chi connectivity index (χ2n) is 4.50. The van der Waals surface area contributed by atoms with Crippen LogP contribution in [0.1, 0.15) is 29.9 Å². The third-order valence-corrected chi connectivity index (χ3v) is 3.26. The molecule has 1 aliphatic carbocycles. The number of alkyl halides is 3. The Kier molecular flexibility index (Phi) is 3.59. The zero-order chi connectivity index (χ0) is 13.2. The third-order valence-electron chi connectivity index (χ3n) is 3.26. The Morgan fingerprint density at radius 2 is 2.06 bits per heavy atom. The summed E-state index contributed by atoms with van der Waals surface area (Å²) in [5.74, 6) is -1.87. The first kappa shape index (κ1) is 12.9. The van der Waals surface area contributed by atoms with E-state index >= 15 is 0 Å². The Morgan fingerprint density at radius 3 is 2.78 bits per heavy atom. The fraction of sp³-hybridized carbons (Fsp3) is 0.462. The van der Waals surface area contributed by atoms with Crippen LogP contribution in [0.15, 0.2) is 24.3 Å². The molecule has 0 spiro atoms. The van der Waals surface area contributed by atoms with E-state index in [1.807, 2.05) is 29.6 Å². The molecule has 1 unspecified atom stereocenters. The summed E-state index contributed by atoms with van der Waals surface area (Å²) in [5, 5.41) is 1.97. The number of carbonyl (C=O) groups excluding carboxylic acids is 1. The molecule has 1 aliphatic rings. The lowest BCUT2D eigenvalue weighted by Crippen LogP contribution is -2.39. The standard InChI is InChI=1S/C13H14F3NO/c14-13(15,16)12(18)17-8-10-6-3-5-9-4-1-2-7-11(9)10/h1-2,4,7,10H,3,5-6,8H2,(H,17,18). The topological polar surface area (TPSA) is 29.1 Å². The van der Waals surface area contributed by atoms with Crippen LogP contribution in [0.4, 0.5) is 13.2 Å². The van der Waals surface area contributed by atoms with Gasteiger partial charge in [-0.3, -0.25) is 4.79 Å². The highest BCUT2D eigenvalue weighted by atomic mass is 19.4. The molecule has 0 aliphatic heterocycles. The maximum absolute atomic E-state index is 12.1. The van der Waals surface area contributed by atoms with Gasteiger partial charge in [0.15, 0.2) is 0 Å². The summed E-state index contributed by atoms with van der Waals surface area (Å²) >= 11 is 0. The van der Waals surface area contributed by atoms with Crippen LogP contribution in [-0.2, 0) is 11.2 Å². The van der Waals surface area contributed by atoms with Gasteiger partial charge >= 0.3 is 12.1 Å². The Bertz CT molecular complexity index is 442. The highest BCUT2D eigenvalue weighted by molar-refractivity contribution is 5.81. The van der Waals surface area contributed by atoms with E-state index in [9.17, 15) is 18.0 Å². The minimum atomic E-state index is -4.80. The lowest BCUT2D eigenvalue weighted by atomic mass is 9.83. The molecule has 2 nitrogen and oxygen atoms in total. The van der Waals surface area contributed by atoms with Gasteiger partial charge < -0.3 is 5.32 Å². The van der Waals surface area contributed by atoms with Crippen molar-refractivity contribution < 1.29 is 18.0 Å². The first-order chi connectivity index (χ1) is 8.48. The molecule has 0 bridgehead atoms. The molecule has 1 atom stereocenters. The molecule has 2 rings (SSSR count). The summed E-state index contributed by atoms with van der Waals surface area (Å²) in [5.41, 5.74) is 2.24. The SMILES string of the molecule is O=C(NCC1CCCc2ccccc21)C(F)(F)F. The van der Waals surface area contributed by atoms with Crippen LogP contribution in [0.25, 0.3) is 0 Å². The summed E-state index contributed by atoms with van der Waals surface area (Å²) < 4.78 is 36.3. The number of rotatable bonds is 2. The molecular weight excluding hydrogens is 243 g/mol. The molecule has 0 saturated carbocycles. The molecular formula is C13H14F3NO. The van der Waals surface area contributed by atoms with Crippen molar-refractivity contribution in [1.82, 2.24) is 5.32 Å². The second kappa shape index (κ2) is 5.00. The zero-order valence-electron chi connectivity index (χ0n) is 9.76. The first-order valence-corrected chi connectivity index (χ1v) is 5.91. The summed E-state index contributed by atoms with van der Waals surface area (Å²) in [6, 6.07) is 7.73. The van der Waals surface area contributed by atoms with Crippen molar-refractivity contribution in [3.63, 3.8) is 0 Å². The van der Waals surface area contributed by atoms with Gasteiger partial charge in [0, 0.05) is 12.5 Å². The fourth-order valence-electron chi connectivity index (χ4n) is 2.38. The van der Waals surface area contributed by atoms with E-state index in [0.29, 0.717) is 0 Å². The average molecular weight is 257 g/mol. The quantitative estimate of drug-likeness (QED) is 0.867. The van der Waals surface area contributed by atoms with Crippen molar-refractivity contribution in [3.8, 4) is 0 Å². The van der Waals surface area contributed by atoms with Crippen molar-refractivity contribution in [2.75, 3.05) is 6.54 Å². The monoisotopic (exact) mass is 257 g/mol. The summed E-state index contributed by atoms with van der Waals surface area (Å²) in [4.78, 5) is 10.8. The van der Waals surface area contributed by atoms with Crippen molar-refractivity contribution in [1.29, 1.82) is 0 Å². The Balaban J connectivity index is 2.02. The molecule has 0 saturated heterocycles. The largest absolute Gasteiger partial charge is 0.471 e. The van der Waals surface area contributed by atoms with Gasteiger partial charge in [-0.25, -0.2) is 0 Å². The van der Waals surface area contributed by atoms with Gasteiger partial charge in [0.2, 0.25) is 0 Å². The summed E-state index contributed by atoms with van der Waals surface area (Å²) in [7, 11) is 0. The third kappa shape index (κ3) is 2.83. The van der Waals surface area contributed by atoms with Crippen LogP contribution >= 0.6 is 0 Å². The molecule has 98 valence electrons. The normalized spacial score (nSPS) is 19.2. The van der Waals surface area contributed by atoms with E-state index in [1.165, 1.54) is 5.56 Å². The fourth-order valence-corrected chi connectivity index (χ4v) is 2.38. The molecule has 1 amide bonds. The highest BCUT2D eigenvalue weighted by Gasteiger charge is 2.38. The minimum Gasteiger partial charge on any atom is -0.348 e. The van der Waals surface area contributed by atoms with E-state index in [2.05, 4.69) is 0 Å². The van der Waals surface area contributed by atoms with Crippen LogP contribution in [0.3, 0.4) is 0 Å².